The number of carbonyl (C=O) groups is 2. The van der Waals surface area contributed by atoms with Crippen LogP contribution in [0.25, 0.3) is 0 Å². The third kappa shape index (κ3) is 5.14. The highest BCUT2D eigenvalue weighted by atomic mass is 32.1. The van der Waals surface area contributed by atoms with Gasteiger partial charge in [-0.05, 0) is 18.6 Å². The molecule has 0 fully saturated rings. The molecule has 2 amide bonds. The van der Waals surface area contributed by atoms with E-state index in [0.29, 0.717) is 16.0 Å². The number of halogens is 1. The molecule has 0 bridgehead atoms. The van der Waals surface area contributed by atoms with Gasteiger partial charge in [0, 0.05) is 11.8 Å². The molecule has 27 heavy (non-hydrogen) atoms. The van der Waals surface area contributed by atoms with Crippen LogP contribution in [0, 0.1) is 5.82 Å². The summed E-state index contributed by atoms with van der Waals surface area (Å²) in [4.78, 5) is 28.4. The highest BCUT2D eigenvalue weighted by molar-refractivity contribution is 7.15. The average Bonchev–Trinajstić information content (AvgIpc) is 3.25. The molecular formula is C17H16FN5O2S2. The van der Waals surface area contributed by atoms with Gasteiger partial charge in [-0.25, -0.2) is 9.37 Å². The molecular weight excluding hydrogens is 389 g/mol. The number of carbonyl (C=O) groups excluding carboxylic acids is 2. The summed E-state index contributed by atoms with van der Waals surface area (Å²) in [5, 5.41) is 16.4. The molecule has 0 radical (unpaired) electrons. The minimum Gasteiger partial charge on any atom is -0.300 e. The number of nitrogens with zero attached hydrogens (tertiary/aromatic N) is 3. The van der Waals surface area contributed by atoms with Crippen LogP contribution in [0.15, 0.2) is 29.6 Å². The van der Waals surface area contributed by atoms with Gasteiger partial charge in [0.25, 0.3) is 5.91 Å². The van der Waals surface area contributed by atoms with Crippen molar-refractivity contribution < 1.29 is 14.0 Å². The van der Waals surface area contributed by atoms with E-state index < -0.39 is 11.7 Å². The van der Waals surface area contributed by atoms with Crippen LogP contribution in [-0.2, 0) is 17.6 Å². The molecule has 2 N–H and O–H groups in total. The van der Waals surface area contributed by atoms with Crippen molar-refractivity contribution in [3.63, 3.8) is 0 Å². The predicted molar refractivity (Wildman–Crippen MR) is 103 cm³/mol. The Hall–Kier alpha value is -2.72. The van der Waals surface area contributed by atoms with Crippen LogP contribution in [0.1, 0.15) is 34.4 Å². The molecule has 2 aromatic heterocycles. The summed E-state index contributed by atoms with van der Waals surface area (Å²) in [5.74, 6) is -1.46. The Kier molecular flexibility index (Phi) is 6.20. The summed E-state index contributed by atoms with van der Waals surface area (Å²) in [7, 11) is 0. The number of thiazole rings is 1. The first-order valence-electron chi connectivity index (χ1n) is 8.17. The normalized spacial score (nSPS) is 10.6. The number of aromatic nitrogens is 3. The van der Waals surface area contributed by atoms with E-state index >= 15 is 0 Å². The van der Waals surface area contributed by atoms with E-state index in [1.54, 1.807) is 11.4 Å². The van der Waals surface area contributed by atoms with Crippen molar-refractivity contribution in [1.29, 1.82) is 0 Å². The summed E-state index contributed by atoms with van der Waals surface area (Å²) in [6.45, 7) is 2.05. The smallest absolute Gasteiger partial charge is 0.260 e. The van der Waals surface area contributed by atoms with E-state index in [2.05, 4.69) is 25.8 Å². The Labute approximate surface area is 162 Å². The van der Waals surface area contributed by atoms with Crippen LogP contribution in [0.5, 0.6) is 0 Å². The zero-order valence-corrected chi connectivity index (χ0v) is 16.0. The summed E-state index contributed by atoms with van der Waals surface area (Å²) < 4.78 is 13.6. The molecule has 0 saturated carbocycles. The van der Waals surface area contributed by atoms with E-state index in [4.69, 9.17) is 0 Å². The summed E-state index contributed by atoms with van der Waals surface area (Å²) in [6.07, 6.45) is 1.82. The number of hydrogen-bond acceptors (Lipinski definition) is 7. The van der Waals surface area contributed by atoms with Crippen molar-refractivity contribution in [3.8, 4) is 0 Å². The van der Waals surface area contributed by atoms with Gasteiger partial charge in [-0.15, -0.1) is 21.5 Å². The van der Waals surface area contributed by atoms with Gasteiger partial charge in [-0.2, -0.15) is 0 Å². The molecule has 0 saturated heterocycles. The minimum atomic E-state index is -0.606. The third-order valence-electron chi connectivity index (χ3n) is 3.41. The third-order valence-corrected chi connectivity index (χ3v) is 5.11. The van der Waals surface area contributed by atoms with Crippen molar-refractivity contribution in [1.82, 2.24) is 15.2 Å². The van der Waals surface area contributed by atoms with Crippen LogP contribution < -0.4 is 10.6 Å². The zero-order chi connectivity index (χ0) is 19.2. The first-order valence-corrected chi connectivity index (χ1v) is 9.87. The van der Waals surface area contributed by atoms with E-state index in [1.807, 2.05) is 6.92 Å². The summed E-state index contributed by atoms with van der Waals surface area (Å²) in [5.41, 5.74) is 0.436. The lowest BCUT2D eigenvalue weighted by atomic mass is 10.2. The van der Waals surface area contributed by atoms with Crippen LogP contribution >= 0.6 is 22.7 Å². The molecule has 0 aliphatic carbocycles. The fourth-order valence-electron chi connectivity index (χ4n) is 2.20. The fourth-order valence-corrected chi connectivity index (χ4v) is 3.77. The number of benzene rings is 1. The monoisotopic (exact) mass is 405 g/mol. The largest absolute Gasteiger partial charge is 0.300 e. The Balaban J connectivity index is 1.56. The molecule has 0 aliphatic rings. The van der Waals surface area contributed by atoms with Gasteiger partial charge >= 0.3 is 0 Å². The highest BCUT2D eigenvalue weighted by Gasteiger charge is 2.15. The van der Waals surface area contributed by atoms with Crippen molar-refractivity contribution in [2.24, 2.45) is 0 Å². The van der Waals surface area contributed by atoms with Crippen LogP contribution in [0.2, 0.25) is 0 Å². The van der Waals surface area contributed by atoms with Crippen LogP contribution in [0.3, 0.4) is 0 Å². The number of rotatable bonds is 7. The molecule has 3 rings (SSSR count). The molecule has 2 heterocycles. The van der Waals surface area contributed by atoms with Crippen molar-refractivity contribution in [2.45, 2.75) is 26.2 Å². The second kappa shape index (κ2) is 8.78. The Morgan fingerprint density at radius 3 is 2.74 bits per heavy atom. The van der Waals surface area contributed by atoms with Crippen molar-refractivity contribution in [2.75, 3.05) is 10.6 Å². The number of amides is 2. The second-order valence-electron chi connectivity index (χ2n) is 5.55. The van der Waals surface area contributed by atoms with Gasteiger partial charge in [-0.1, -0.05) is 30.4 Å². The summed E-state index contributed by atoms with van der Waals surface area (Å²) in [6, 6.07) is 5.69. The van der Waals surface area contributed by atoms with E-state index in [0.717, 1.165) is 17.8 Å². The predicted octanol–water partition coefficient (Wildman–Crippen LogP) is 3.52. The van der Waals surface area contributed by atoms with Crippen molar-refractivity contribution in [3.05, 3.63) is 51.7 Å². The maximum absolute atomic E-state index is 13.6. The van der Waals surface area contributed by atoms with Crippen LogP contribution in [-0.4, -0.2) is 27.0 Å². The molecule has 1 aromatic carbocycles. The van der Waals surface area contributed by atoms with Gasteiger partial charge in [0.15, 0.2) is 5.13 Å². The first kappa shape index (κ1) is 19.1. The maximum atomic E-state index is 13.6. The minimum absolute atomic E-state index is 0.0365. The van der Waals surface area contributed by atoms with Crippen LogP contribution in [0.4, 0.5) is 14.7 Å². The quantitative estimate of drug-likeness (QED) is 0.627. The van der Waals surface area contributed by atoms with Gasteiger partial charge < -0.3 is 5.32 Å². The molecule has 140 valence electrons. The molecule has 0 aliphatic heterocycles. The van der Waals surface area contributed by atoms with Gasteiger partial charge in [0.2, 0.25) is 11.0 Å². The van der Waals surface area contributed by atoms with E-state index in [-0.39, 0.29) is 17.9 Å². The number of anilines is 2. The Morgan fingerprint density at radius 1 is 1.15 bits per heavy atom. The lowest BCUT2D eigenvalue weighted by molar-refractivity contribution is -0.115. The van der Waals surface area contributed by atoms with Gasteiger partial charge in [0.05, 0.1) is 17.7 Å². The Morgan fingerprint density at radius 2 is 1.96 bits per heavy atom. The summed E-state index contributed by atoms with van der Waals surface area (Å²) >= 11 is 2.51. The van der Waals surface area contributed by atoms with Crippen molar-refractivity contribution >= 4 is 44.8 Å². The zero-order valence-electron chi connectivity index (χ0n) is 14.4. The SMILES string of the molecule is CCCc1nnc(NC(=O)Cc2csc(NC(=O)c3ccccc3F)n2)s1. The Bertz CT molecular complexity index is 956. The fraction of sp³-hybridized carbons (Fsp3) is 0.235. The molecule has 3 aromatic rings. The lowest BCUT2D eigenvalue weighted by Crippen LogP contribution is -2.15. The van der Waals surface area contributed by atoms with E-state index in [9.17, 15) is 14.0 Å². The number of nitrogens with one attached hydrogen (secondary N) is 2. The highest BCUT2D eigenvalue weighted by Crippen LogP contribution is 2.19. The molecule has 0 unspecified atom stereocenters. The van der Waals surface area contributed by atoms with Gasteiger partial charge in [-0.3, -0.25) is 14.9 Å². The molecule has 0 spiro atoms. The number of hydrogen-bond donors (Lipinski definition) is 2. The molecule has 7 nitrogen and oxygen atoms in total. The molecule has 10 heteroatoms. The second-order valence-corrected chi connectivity index (χ2v) is 7.47. The average molecular weight is 405 g/mol. The topological polar surface area (TPSA) is 96.9 Å². The lowest BCUT2D eigenvalue weighted by Gasteiger charge is -2.02. The van der Waals surface area contributed by atoms with Gasteiger partial charge in [0.1, 0.15) is 10.8 Å². The van der Waals surface area contributed by atoms with E-state index in [1.165, 1.54) is 40.9 Å². The number of aryl methyl sites for hydroxylation is 1. The standard InChI is InChI=1S/C17H16FN5O2S2/c1-2-5-14-22-23-17(27-14)20-13(24)8-10-9-26-16(19-10)21-15(25)11-6-3-4-7-12(11)18/h3-4,6-7,9H,2,5,8H2,1H3,(H,19,21,25)(H,20,23,24). The molecule has 0 atom stereocenters. The first-order chi connectivity index (χ1) is 13.0. The maximum Gasteiger partial charge on any atom is 0.260 e.